The van der Waals surface area contributed by atoms with Crippen LogP contribution in [0.3, 0.4) is 0 Å². The van der Waals surface area contributed by atoms with Crippen molar-refractivity contribution in [3.05, 3.63) is 60.7 Å². The van der Waals surface area contributed by atoms with E-state index in [1.165, 1.54) is 23.5 Å². The highest BCUT2D eigenvalue weighted by Gasteiger charge is 2.32. The molecule has 4 amide bonds. The third-order valence-electron chi connectivity index (χ3n) is 8.58. The molecule has 12 heteroatoms. The van der Waals surface area contributed by atoms with Gasteiger partial charge in [0.05, 0.1) is 6.16 Å². The second kappa shape index (κ2) is 20.6. The Labute approximate surface area is 285 Å². The minimum absolute atomic E-state index is 0.0279. The lowest BCUT2D eigenvalue weighted by Gasteiger charge is -2.33. The lowest BCUT2D eigenvalue weighted by molar-refractivity contribution is -0.197. The van der Waals surface area contributed by atoms with E-state index in [9.17, 15) is 24.0 Å². The van der Waals surface area contributed by atoms with Crippen LogP contribution in [-0.4, -0.2) is 65.0 Å². The van der Waals surface area contributed by atoms with Crippen LogP contribution >= 0.6 is 7.92 Å². The number of hydroxylamine groups is 2. The highest BCUT2D eigenvalue weighted by Crippen LogP contribution is 2.33. The number of nitrogens with two attached hydrogens (primary N) is 2. The fourth-order valence-electron chi connectivity index (χ4n) is 5.74. The molecule has 0 aromatic heterocycles. The summed E-state index contributed by atoms with van der Waals surface area (Å²) in [6.45, 7) is 3.45. The zero-order valence-electron chi connectivity index (χ0n) is 28.3. The molecule has 1 heterocycles. The van der Waals surface area contributed by atoms with E-state index in [-0.39, 0.29) is 55.2 Å². The number of amides is 4. The Morgan fingerprint density at radius 2 is 1.15 bits per heavy atom. The number of nitrogens with one attached hydrogen (secondary N) is 2. The number of benzene rings is 2. The maximum Gasteiger partial charge on any atom is 0.332 e. The van der Waals surface area contributed by atoms with Crippen LogP contribution < -0.4 is 32.7 Å². The van der Waals surface area contributed by atoms with Crippen LogP contribution in [0.25, 0.3) is 0 Å². The van der Waals surface area contributed by atoms with Gasteiger partial charge in [0.2, 0.25) is 11.8 Å². The number of carbonyl (C=O) groups is 5. The molecule has 0 bridgehead atoms. The first-order valence-electron chi connectivity index (χ1n) is 17.2. The smallest absolute Gasteiger partial charge is 0.332 e. The van der Waals surface area contributed by atoms with Crippen molar-refractivity contribution < 1.29 is 28.8 Å². The molecule has 6 N–H and O–H groups in total. The number of carbonyl (C=O) groups excluding carboxylic acids is 5. The van der Waals surface area contributed by atoms with Crippen molar-refractivity contribution in [2.24, 2.45) is 11.5 Å². The first kappa shape index (κ1) is 38.8. The van der Waals surface area contributed by atoms with E-state index in [1.807, 2.05) is 43.3 Å². The monoisotopic (exact) mass is 681 g/mol. The fourth-order valence-corrected chi connectivity index (χ4v) is 7.85. The molecule has 262 valence electrons. The summed E-state index contributed by atoms with van der Waals surface area (Å²) in [5, 5.41) is 9.28. The Bertz CT molecular complexity index is 1270. The lowest BCUT2D eigenvalue weighted by Crippen LogP contribution is -2.53. The van der Waals surface area contributed by atoms with E-state index >= 15 is 0 Å². The molecule has 11 nitrogen and oxygen atoms in total. The van der Waals surface area contributed by atoms with Crippen LogP contribution in [0.1, 0.15) is 90.9 Å². The van der Waals surface area contributed by atoms with Gasteiger partial charge < -0.3 is 26.9 Å². The molecule has 0 unspecified atom stereocenters. The third-order valence-corrected chi connectivity index (χ3v) is 11.0. The molecule has 0 radical (unpaired) electrons. The van der Waals surface area contributed by atoms with Crippen LogP contribution in [0.2, 0.25) is 0 Å². The van der Waals surface area contributed by atoms with Crippen molar-refractivity contribution in [2.45, 2.75) is 115 Å². The van der Waals surface area contributed by atoms with Gasteiger partial charge in [-0.05, 0) is 44.2 Å². The summed E-state index contributed by atoms with van der Waals surface area (Å²) < 4.78 is 0. The topological polar surface area (TPSA) is 174 Å². The maximum atomic E-state index is 13.0. The van der Waals surface area contributed by atoms with Gasteiger partial charge in [-0.3, -0.25) is 19.2 Å². The maximum absolute atomic E-state index is 13.0. The van der Waals surface area contributed by atoms with Crippen molar-refractivity contribution in [1.29, 1.82) is 0 Å². The predicted molar refractivity (Wildman–Crippen MR) is 188 cm³/mol. The minimum atomic E-state index is -0.751. The van der Waals surface area contributed by atoms with E-state index in [4.69, 9.17) is 11.5 Å². The van der Waals surface area contributed by atoms with E-state index in [0.29, 0.717) is 17.6 Å². The highest BCUT2D eigenvalue weighted by molar-refractivity contribution is 7.73. The summed E-state index contributed by atoms with van der Waals surface area (Å²) in [6, 6.07) is 21.2. The molecule has 1 aliphatic heterocycles. The van der Waals surface area contributed by atoms with E-state index in [2.05, 4.69) is 39.7 Å². The molecule has 5 rings (SSSR count). The molecule has 2 aliphatic carbocycles. The number of hydrogen-bond donors (Lipinski definition) is 4. The van der Waals surface area contributed by atoms with Crippen LogP contribution in [0, 0.1) is 0 Å². The summed E-state index contributed by atoms with van der Waals surface area (Å²) in [6.07, 6.45) is 10.2. The molecular formula is C36H52N5O6P. The Morgan fingerprint density at radius 1 is 0.708 bits per heavy atom. The van der Waals surface area contributed by atoms with Crippen molar-refractivity contribution >= 4 is 48.1 Å². The predicted octanol–water partition coefficient (Wildman–Crippen LogP) is 3.29. The number of imide groups is 1. The summed E-state index contributed by atoms with van der Waals surface area (Å²) in [5.41, 5.74) is 11.3. The Morgan fingerprint density at radius 3 is 1.56 bits per heavy atom. The number of hydrogen-bond acceptors (Lipinski definition) is 8. The third kappa shape index (κ3) is 12.7. The van der Waals surface area contributed by atoms with Gasteiger partial charge in [-0.25, -0.2) is 4.79 Å². The van der Waals surface area contributed by atoms with Gasteiger partial charge in [-0.1, -0.05) is 100 Å². The van der Waals surface area contributed by atoms with E-state index in [0.717, 1.165) is 38.5 Å². The van der Waals surface area contributed by atoms with E-state index < -0.39 is 25.7 Å². The van der Waals surface area contributed by atoms with Gasteiger partial charge in [0.15, 0.2) is 0 Å². The fraction of sp³-hybridized carbons (Fsp3) is 0.528. The summed E-state index contributed by atoms with van der Waals surface area (Å²) in [7, 11) is -0.751. The van der Waals surface area contributed by atoms with Crippen molar-refractivity contribution in [3.8, 4) is 0 Å². The Kier molecular flexibility index (Phi) is 16.7. The zero-order chi connectivity index (χ0) is 34.9. The van der Waals surface area contributed by atoms with Gasteiger partial charge in [0, 0.05) is 49.9 Å². The molecule has 0 spiro atoms. The molecule has 3 aliphatic rings. The van der Waals surface area contributed by atoms with Gasteiger partial charge in [0.25, 0.3) is 11.8 Å². The SMILES string of the molecule is CCC(=O)N[C@@H]1CCCC[C@H]1NC(=O)CP(c1ccccc1)c1ccccc1.CCC(=O)ON1C(=O)CCC1=O.N[C@@H]1CCCC[C@H]1N. The van der Waals surface area contributed by atoms with Crippen LogP contribution in [0.5, 0.6) is 0 Å². The van der Waals surface area contributed by atoms with Gasteiger partial charge >= 0.3 is 5.97 Å². The summed E-state index contributed by atoms with van der Waals surface area (Å²) in [4.78, 5) is 61.7. The molecule has 2 aromatic carbocycles. The first-order chi connectivity index (χ1) is 23.1. The number of nitrogens with zero attached hydrogens (tertiary/aromatic N) is 1. The second-order valence-corrected chi connectivity index (χ2v) is 14.5. The molecule has 3 fully saturated rings. The van der Waals surface area contributed by atoms with Gasteiger partial charge in [-0.2, -0.15) is 0 Å². The van der Waals surface area contributed by atoms with Crippen molar-refractivity contribution in [1.82, 2.24) is 15.7 Å². The zero-order valence-corrected chi connectivity index (χ0v) is 29.2. The average Bonchev–Trinajstić information content (AvgIpc) is 3.42. The standard InChI is InChI=1S/C23H29N2O2P.C7H9NO4.C6H14N2/c1-2-22(26)24-20-15-9-10-16-21(20)25-23(27)17-28(18-11-5-3-6-12-18)19-13-7-4-8-14-19;1-2-7(11)12-8-5(9)3-4-6(8)10;7-5-3-1-2-4-6(5)8/h3-8,11-14,20-21H,2,9-10,15-17H2,1H3,(H,24,26)(H,25,27);2-4H2,1H3;5-6H,1-4,7-8H2/t20-,21-;;5-,6-/m1.1/s1. The second-order valence-electron chi connectivity index (χ2n) is 12.3. The molecular weight excluding hydrogens is 629 g/mol. The molecule has 4 atom stereocenters. The summed E-state index contributed by atoms with van der Waals surface area (Å²) in [5.74, 6) is -1.33. The average molecular weight is 682 g/mol. The van der Waals surface area contributed by atoms with Crippen molar-refractivity contribution in [2.75, 3.05) is 6.16 Å². The number of rotatable bonds is 9. The summed E-state index contributed by atoms with van der Waals surface area (Å²) >= 11 is 0. The van der Waals surface area contributed by atoms with Crippen LogP contribution in [0.4, 0.5) is 0 Å². The largest absolute Gasteiger partial charge is 0.351 e. The quantitative estimate of drug-likeness (QED) is 0.231. The van der Waals surface area contributed by atoms with Crippen LogP contribution in [-0.2, 0) is 28.8 Å². The first-order valence-corrected chi connectivity index (χ1v) is 18.7. The molecule has 2 aromatic rings. The minimum Gasteiger partial charge on any atom is -0.351 e. The molecule has 2 saturated carbocycles. The van der Waals surface area contributed by atoms with Gasteiger partial charge in [-0.15, -0.1) is 5.06 Å². The van der Waals surface area contributed by atoms with Gasteiger partial charge in [0.1, 0.15) is 0 Å². The normalized spacial score (nSPS) is 22.1. The van der Waals surface area contributed by atoms with E-state index in [1.54, 1.807) is 6.92 Å². The van der Waals surface area contributed by atoms with Crippen LogP contribution in [0.15, 0.2) is 60.7 Å². The Balaban J connectivity index is 0.000000254. The Hall–Kier alpha value is -3.66. The molecule has 48 heavy (non-hydrogen) atoms. The highest BCUT2D eigenvalue weighted by atomic mass is 31.1. The van der Waals surface area contributed by atoms with Crippen molar-refractivity contribution in [3.63, 3.8) is 0 Å². The lowest BCUT2D eigenvalue weighted by atomic mass is 9.90. The molecule has 1 saturated heterocycles.